The molecule has 1 heteroatoms. The zero-order valence-corrected chi connectivity index (χ0v) is 12.6. The fraction of sp³-hybridized carbons (Fsp3) is 0.882. The lowest BCUT2D eigenvalue weighted by molar-refractivity contribution is 0.00682. The van der Waals surface area contributed by atoms with Crippen LogP contribution in [0.5, 0.6) is 0 Å². The number of fused-ring (bicyclic) bond motifs is 1. The Bertz CT molecular complexity index is 321. The molecule has 2 aliphatic rings. The first-order chi connectivity index (χ1) is 8.50. The van der Waals surface area contributed by atoms with Crippen molar-refractivity contribution in [1.29, 1.82) is 0 Å². The summed E-state index contributed by atoms with van der Waals surface area (Å²) in [4.78, 5) is 0. The summed E-state index contributed by atoms with van der Waals surface area (Å²) in [5.41, 5.74) is 3.38. The summed E-state index contributed by atoms with van der Waals surface area (Å²) in [5.74, 6) is 2.63. The fourth-order valence-corrected chi connectivity index (χ4v) is 4.31. The molecular weight excluding hydrogens is 220 g/mol. The molecule has 0 aromatic carbocycles. The van der Waals surface area contributed by atoms with Crippen molar-refractivity contribution in [3.05, 3.63) is 11.1 Å². The van der Waals surface area contributed by atoms with E-state index in [0.717, 1.165) is 24.2 Å². The second kappa shape index (κ2) is 5.36. The Kier molecular flexibility index (Phi) is 4.21. The zero-order chi connectivity index (χ0) is 13.3. The third kappa shape index (κ3) is 2.39. The number of aliphatic hydroxyl groups is 1. The normalized spacial score (nSPS) is 38.2. The van der Waals surface area contributed by atoms with E-state index in [-0.39, 0.29) is 6.61 Å². The largest absolute Gasteiger partial charge is 0.392 e. The Labute approximate surface area is 113 Å². The van der Waals surface area contributed by atoms with Gasteiger partial charge in [0.25, 0.3) is 0 Å². The molecule has 0 heterocycles. The highest BCUT2D eigenvalue weighted by Crippen LogP contribution is 2.54. The van der Waals surface area contributed by atoms with Gasteiger partial charge >= 0.3 is 0 Å². The Balaban J connectivity index is 2.21. The van der Waals surface area contributed by atoms with Crippen LogP contribution in [0.1, 0.15) is 66.2 Å². The van der Waals surface area contributed by atoms with E-state index in [1.165, 1.54) is 37.7 Å². The minimum atomic E-state index is 0.277. The van der Waals surface area contributed by atoms with Gasteiger partial charge in [-0.15, -0.1) is 0 Å². The van der Waals surface area contributed by atoms with Crippen molar-refractivity contribution in [1.82, 2.24) is 0 Å². The molecule has 0 radical (unpaired) electrons. The molecule has 2 rings (SSSR count). The minimum Gasteiger partial charge on any atom is -0.392 e. The highest BCUT2D eigenvalue weighted by molar-refractivity contribution is 5.19. The lowest BCUT2D eigenvalue weighted by atomic mass is 9.54. The van der Waals surface area contributed by atoms with Crippen LogP contribution in [0.3, 0.4) is 0 Å². The maximum Gasteiger partial charge on any atom is 0.0644 e. The summed E-state index contributed by atoms with van der Waals surface area (Å²) >= 11 is 0. The molecule has 1 N–H and O–H groups in total. The van der Waals surface area contributed by atoms with Crippen LogP contribution in [-0.2, 0) is 0 Å². The van der Waals surface area contributed by atoms with Crippen molar-refractivity contribution < 1.29 is 5.11 Å². The van der Waals surface area contributed by atoms with Crippen LogP contribution in [-0.4, -0.2) is 11.7 Å². The molecule has 18 heavy (non-hydrogen) atoms. The number of rotatable bonds is 2. The predicted octanol–water partition coefficient (Wildman–Crippen LogP) is 4.56. The standard InChI is InChI=1S/C17H30O/c1-5-13(11-18)15-9-8-14-7-6-12(2)17(3,4)16(14)10-15/h12,14,16,18H,5-11H2,1-4H3/t12-,14-,16-/m0/s1. The first-order valence-electron chi connectivity index (χ1n) is 7.81. The van der Waals surface area contributed by atoms with Gasteiger partial charge in [-0.25, -0.2) is 0 Å². The maximum absolute atomic E-state index is 9.50. The van der Waals surface area contributed by atoms with Crippen molar-refractivity contribution in [2.45, 2.75) is 66.2 Å². The van der Waals surface area contributed by atoms with E-state index < -0.39 is 0 Å². The molecule has 0 amide bonds. The monoisotopic (exact) mass is 250 g/mol. The highest BCUT2D eigenvalue weighted by atomic mass is 16.3. The summed E-state index contributed by atoms with van der Waals surface area (Å²) in [6.45, 7) is 9.84. The summed E-state index contributed by atoms with van der Waals surface area (Å²) in [7, 11) is 0. The van der Waals surface area contributed by atoms with E-state index in [2.05, 4.69) is 27.7 Å². The van der Waals surface area contributed by atoms with Crippen molar-refractivity contribution in [3.8, 4) is 0 Å². The lowest BCUT2D eigenvalue weighted by Crippen LogP contribution is -2.42. The Morgan fingerprint density at radius 1 is 1.28 bits per heavy atom. The first kappa shape index (κ1) is 14.1. The van der Waals surface area contributed by atoms with Crippen molar-refractivity contribution >= 4 is 0 Å². The average molecular weight is 250 g/mol. The van der Waals surface area contributed by atoms with E-state index in [9.17, 15) is 5.11 Å². The van der Waals surface area contributed by atoms with Crippen LogP contribution in [0.2, 0.25) is 0 Å². The van der Waals surface area contributed by atoms with E-state index in [1.807, 2.05) is 0 Å². The summed E-state index contributed by atoms with van der Waals surface area (Å²) in [6.07, 6.45) is 7.73. The highest BCUT2D eigenvalue weighted by Gasteiger charge is 2.44. The Morgan fingerprint density at radius 3 is 2.61 bits per heavy atom. The molecule has 2 saturated carbocycles. The second-order valence-electron chi connectivity index (χ2n) is 7.13. The third-order valence-corrected chi connectivity index (χ3v) is 6.17. The lowest BCUT2D eigenvalue weighted by Gasteiger charge is -2.51. The van der Waals surface area contributed by atoms with Gasteiger partial charge in [-0.05, 0) is 67.3 Å². The van der Waals surface area contributed by atoms with Gasteiger partial charge in [-0.1, -0.05) is 33.3 Å². The van der Waals surface area contributed by atoms with Crippen molar-refractivity contribution in [3.63, 3.8) is 0 Å². The Hall–Kier alpha value is -0.300. The molecule has 3 atom stereocenters. The van der Waals surface area contributed by atoms with Crippen LogP contribution in [0.25, 0.3) is 0 Å². The molecule has 2 fully saturated rings. The first-order valence-corrected chi connectivity index (χ1v) is 7.81. The third-order valence-electron chi connectivity index (χ3n) is 6.17. The summed E-state index contributed by atoms with van der Waals surface area (Å²) < 4.78 is 0. The van der Waals surface area contributed by atoms with Gasteiger partial charge in [0.15, 0.2) is 0 Å². The quantitative estimate of drug-likeness (QED) is 0.712. The molecule has 0 bridgehead atoms. The van der Waals surface area contributed by atoms with Gasteiger partial charge in [-0.2, -0.15) is 0 Å². The average Bonchev–Trinajstić information content (AvgIpc) is 2.36. The van der Waals surface area contributed by atoms with Gasteiger partial charge in [0.05, 0.1) is 6.61 Å². The second-order valence-corrected chi connectivity index (χ2v) is 7.13. The van der Waals surface area contributed by atoms with Crippen molar-refractivity contribution in [2.75, 3.05) is 6.61 Å². The number of allylic oxidation sites excluding steroid dienone is 1. The number of hydrogen-bond acceptors (Lipinski definition) is 1. The van der Waals surface area contributed by atoms with Crippen molar-refractivity contribution in [2.24, 2.45) is 23.2 Å². The summed E-state index contributed by atoms with van der Waals surface area (Å²) in [5, 5.41) is 9.50. The van der Waals surface area contributed by atoms with E-state index in [1.54, 1.807) is 5.57 Å². The fourth-order valence-electron chi connectivity index (χ4n) is 4.31. The van der Waals surface area contributed by atoms with Gasteiger partial charge in [0.2, 0.25) is 0 Å². The molecule has 0 aromatic heterocycles. The van der Waals surface area contributed by atoms with Crippen LogP contribution < -0.4 is 0 Å². The minimum absolute atomic E-state index is 0.277. The molecule has 104 valence electrons. The van der Waals surface area contributed by atoms with Gasteiger partial charge in [0.1, 0.15) is 0 Å². The van der Waals surface area contributed by atoms with Crippen LogP contribution >= 0.6 is 0 Å². The molecule has 2 aliphatic carbocycles. The molecule has 0 unspecified atom stereocenters. The van der Waals surface area contributed by atoms with Gasteiger partial charge < -0.3 is 5.11 Å². The van der Waals surface area contributed by atoms with E-state index in [4.69, 9.17) is 0 Å². The topological polar surface area (TPSA) is 20.2 Å². The predicted molar refractivity (Wildman–Crippen MR) is 77.4 cm³/mol. The van der Waals surface area contributed by atoms with Gasteiger partial charge in [-0.3, -0.25) is 0 Å². The smallest absolute Gasteiger partial charge is 0.0644 e. The zero-order valence-electron chi connectivity index (χ0n) is 12.6. The summed E-state index contributed by atoms with van der Waals surface area (Å²) in [6, 6.07) is 0. The molecule has 0 spiro atoms. The van der Waals surface area contributed by atoms with E-state index >= 15 is 0 Å². The SMILES string of the molecule is CCC(CO)=C1CC[C@@H]2CC[C@H](C)C(C)(C)[C@H]2C1. The number of aliphatic hydroxyl groups excluding tert-OH is 1. The van der Waals surface area contributed by atoms with Crippen LogP contribution in [0, 0.1) is 23.2 Å². The molecule has 0 saturated heterocycles. The Morgan fingerprint density at radius 2 is 2.00 bits per heavy atom. The van der Waals surface area contributed by atoms with Gasteiger partial charge in [0, 0.05) is 0 Å². The molecule has 0 aliphatic heterocycles. The molecular formula is C17H30O. The van der Waals surface area contributed by atoms with E-state index in [0.29, 0.717) is 5.41 Å². The number of hydrogen-bond donors (Lipinski definition) is 1. The molecule has 1 nitrogen and oxygen atoms in total. The maximum atomic E-state index is 9.50. The van der Waals surface area contributed by atoms with Crippen LogP contribution in [0.15, 0.2) is 11.1 Å². The van der Waals surface area contributed by atoms with Crippen LogP contribution in [0.4, 0.5) is 0 Å². The molecule has 0 aromatic rings.